The topological polar surface area (TPSA) is 106 Å². The van der Waals surface area contributed by atoms with Gasteiger partial charge in [-0.3, -0.25) is 4.79 Å². The fraction of sp³-hybridized carbons (Fsp3) is 0.278. The van der Waals surface area contributed by atoms with Crippen molar-refractivity contribution in [2.75, 3.05) is 19.6 Å². The molecule has 0 aromatic heterocycles. The van der Waals surface area contributed by atoms with Crippen LogP contribution in [0.25, 0.3) is 11.1 Å². The minimum absolute atomic E-state index is 0. The third kappa shape index (κ3) is 4.65. The first-order chi connectivity index (χ1) is 12.3. The summed E-state index contributed by atoms with van der Waals surface area (Å²) >= 11 is 0. The van der Waals surface area contributed by atoms with Crippen molar-refractivity contribution in [2.24, 2.45) is 16.8 Å². The summed E-state index contributed by atoms with van der Waals surface area (Å²) in [5.74, 6) is -0.428. The van der Waals surface area contributed by atoms with E-state index in [4.69, 9.17) is 10.9 Å². The van der Waals surface area contributed by atoms with Crippen LogP contribution in [0.1, 0.15) is 16.8 Å². The highest BCUT2D eigenvalue weighted by Gasteiger charge is 2.26. The van der Waals surface area contributed by atoms with E-state index < -0.39 is 15.8 Å². The lowest BCUT2D eigenvalue weighted by Crippen LogP contribution is -2.29. The summed E-state index contributed by atoms with van der Waals surface area (Å²) in [6.07, 6.45) is 0.905. The average molecular weight is 414 g/mol. The van der Waals surface area contributed by atoms with Gasteiger partial charge in [0, 0.05) is 24.2 Å². The maximum absolute atomic E-state index is 14.2. The first-order valence-electron chi connectivity index (χ1n) is 8.21. The Morgan fingerprint density at radius 3 is 2.37 bits per heavy atom. The zero-order chi connectivity index (χ0) is 18.9. The number of nitrogens with zero attached hydrogens (tertiary/aromatic N) is 1. The fourth-order valence-electron chi connectivity index (χ4n) is 3.09. The van der Waals surface area contributed by atoms with Crippen molar-refractivity contribution in [3.8, 4) is 11.1 Å². The lowest BCUT2D eigenvalue weighted by atomic mass is 10.0. The van der Waals surface area contributed by atoms with Crippen LogP contribution in [-0.2, 0) is 10.0 Å². The molecule has 6 nitrogen and oxygen atoms in total. The summed E-state index contributed by atoms with van der Waals surface area (Å²) in [5.41, 5.74) is 6.95. The predicted octanol–water partition coefficient (Wildman–Crippen LogP) is 1.98. The van der Waals surface area contributed by atoms with Gasteiger partial charge in [-0.1, -0.05) is 18.2 Å². The molecule has 1 unspecified atom stereocenters. The number of primary sulfonamides is 1. The number of halogens is 2. The van der Waals surface area contributed by atoms with E-state index in [9.17, 15) is 17.6 Å². The summed E-state index contributed by atoms with van der Waals surface area (Å²) in [6.45, 7) is 1.91. The molecule has 0 radical (unpaired) electrons. The summed E-state index contributed by atoms with van der Waals surface area (Å²) < 4.78 is 36.8. The first kappa shape index (κ1) is 21.3. The van der Waals surface area contributed by atoms with E-state index in [1.807, 2.05) is 0 Å². The normalized spacial score (nSPS) is 16.9. The molecule has 1 atom stereocenters. The molecule has 0 spiro atoms. The second-order valence-corrected chi connectivity index (χ2v) is 7.97. The number of amides is 1. The highest BCUT2D eigenvalue weighted by molar-refractivity contribution is 7.89. The number of carbonyl (C=O) groups is 1. The van der Waals surface area contributed by atoms with Crippen molar-refractivity contribution in [1.29, 1.82) is 0 Å². The molecule has 1 fully saturated rings. The third-order valence-electron chi connectivity index (χ3n) is 4.62. The van der Waals surface area contributed by atoms with Crippen LogP contribution in [0.4, 0.5) is 4.39 Å². The Morgan fingerprint density at radius 1 is 1.19 bits per heavy atom. The maximum atomic E-state index is 14.2. The highest BCUT2D eigenvalue weighted by Crippen LogP contribution is 2.26. The molecule has 1 aliphatic heterocycles. The van der Waals surface area contributed by atoms with Gasteiger partial charge in [-0.25, -0.2) is 17.9 Å². The molecular weight excluding hydrogens is 393 g/mol. The standard InChI is InChI=1S/C18H20FN3O3S.ClH/c19-17-9-15(26(21,24)25)5-6-16(17)13-1-3-14(4-2-13)18(23)22-8-7-12(10-20)11-22;/h1-6,9,12H,7-8,10-11,20H2,(H2,21,24,25);1H. The Balaban J connectivity index is 0.00000261. The molecule has 2 aromatic carbocycles. The monoisotopic (exact) mass is 413 g/mol. The number of hydrogen-bond acceptors (Lipinski definition) is 4. The molecule has 27 heavy (non-hydrogen) atoms. The molecular formula is C18H21ClFN3O3S. The number of hydrogen-bond donors (Lipinski definition) is 2. The summed E-state index contributed by atoms with van der Waals surface area (Å²) in [5, 5.41) is 5.00. The van der Waals surface area contributed by atoms with Gasteiger partial charge in [-0.15, -0.1) is 12.4 Å². The first-order valence-corrected chi connectivity index (χ1v) is 9.76. The number of sulfonamides is 1. The maximum Gasteiger partial charge on any atom is 0.253 e. The van der Waals surface area contributed by atoms with Gasteiger partial charge in [-0.05, 0) is 48.7 Å². The average Bonchev–Trinajstić information content (AvgIpc) is 3.09. The van der Waals surface area contributed by atoms with Crippen molar-refractivity contribution in [3.05, 3.63) is 53.8 Å². The quantitative estimate of drug-likeness (QED) is 0.799. The van der Waals surface area contributed by atoms with Gasteiger partial charge >= 0.3 is 0 Å². The van der Waals surface area contributed by atoms with E-state index in [0.29, 0.717) is 36.7 Å². The summed E-state index contributed by atoms with van der Waals surface area (Å²) in [7, 11) is -3.96. The zero-order valence-corrected chi connectivity index (χ0v) is 16.1. The van der Waals surface area contributed by atoms with E-state index >= 15 is 0 Å². The number of carbonyl (C=O) groups excluding carboxylic acids is 1. The largest absolute Gasteiger partial charge is 0.338 e. The second kappa shape index (κ2) is 8.35. The molecule has 9 heteroatoms. The van der Waals surface area contributed by atoms with Crippen molar-refractivity contribution >= 4 is 28.3 Å². The Morgan fingerprint density at radius 2 is 1.85 bits per heavy atom. The number of benzene rings is 2. The molecule has 1 amide bonds. The van der Waals surface area contributed by atoms with Gasteiger partial charge in [0.25, 0.3) is 5.91 Å². The predicted molar refractivity (Wildman–Crippen MR) is 104 cm³/mol. The number of rotatable bonds is 4. The zero-order valence-electron chi connectivity index (χ0n) is 14.5. The molecule has 4 N–H and O–H groups in total. The molecule has 0 bridgehead atoms. The van der Waals surface area contributed by atoms with Crippen molar-refractivity contribution in [2.45, 2.75) is 11.3 Å². The van der Waals surface area contributed by atoms with E-state index in [1.54, 1.807) is 29.2 Å². The molecule has 1 heterocycles. The van der Waals surface area contributed by atoms with Crippen LogP contribution in [0.2, 0.25) is 0 Å². The van der Waals surface area contributed by atoms with E-state index in [-0.39, 0.29) is 28.8 Å². The van der Waals surface area contributed by atoms with Crippen LogP contribution in [0.5, 0.6) is 0 Å². The van der Waals surface area contributed by atoms with Gasteiger partial charge < -0.3 is 10.6 Å². The lowest BCUT2D eigenvalue weighted by Gasteiger charge is -2.16. The Kier molecular flexibility index (Phi) is 6.59. The van der Waals surface area contributed by atoms with E-state index in [1.165, 1.54) is 12.1 Å². The molecule has 1 aliphatic rings. The van der Waals surface area contributed by atoms with Gasteiger partial charge in [-0.2, -0.15) is 0 Å². The third-order valence-corrected chi connectivity index (χ3v) is 5.53. The number of likely N-dealkylation sites (tertiary alicyclic amines) is 1. The van der Waals surface area contributed by atoms with E-state index in [2.05, 4.69) is 0 Å². The lowest BCUT2D eigenvalue weighted by molar-refractivity contribution is 0.0787. The van der Waals surface area contributed by atoms with Crippen LogP contribution in [-0.4, -0.2) is 38.9 Å². The van der Waals surface area contributed by atoms with E-state index in [0.717, 1.165) is 12.5 Å². The Labute approximate surface area is 163 Å². The minimum Gasteiger partial charge on any atom is -0.338 e. The summed E-state index contributed by atoms with van der Waals surface area (Å²) in [4.78, 5) is 14.0. The molecule has 146 valence electrons. The van der Waals surface area contributed by atoms with Gasteiger partial charge in [0.1, 0.15) is 5.82 Å². The Hall–Kier alpha value is -2.00. The SMILES string of the molecule is Cl.NCC1CCN(C(=O)c2ccc(-c3ccc(S(N)(=O)=O)cc3F)cc2)C1. The molecule has 1 saturated heterocycles. The van der Waals surface area contributed by atoms with Gasteiger partial charge in [0.2, 0.25) is 10.0 Å². The van der Waals surface area contributed by atoms with Crippen LogP contribution >= 0.6 is 12.4 Å². The minimum atomic E-state index is -3.96. The molecule has 3 rings (SSSR count). The fourth-order valence-corrected chi connectivity index (χ4v) is 3.62. The van der Waals surface area contributed by atoms with Crippen molar-refractivity contribution < 1.29 is 17.6 Å². The highest BCUT2D eigenvalue weighted by atomic mass is 35.5. The Bertz CT molecular complexity index is 935. The summed E-state index contributed by atoms with van der Waals surface area (Å²) in [6, 6.07) is 10.1. The van der Waals surface area contributed by atoms with Gasteiger partial charge in [0.15, 0.2) is 0 Å². The molecule has 0 aliphatic carbocycles. The van der Waals surface area contributed by atoms with Crippen molar-refractivity contribution in [1.82, 2.24) is 4.90 Å². The number of nitrogens with two attached hydrogens (primary N) is 2. The van der Waals surface area contributed by atoms with Crippen LogP contribution in [0.15, 0.2) is 47.4 Å². The van der Waals surface area contributed by atoms with Crippen LogP contribution < -0.4 is 10.9 Å². The molecule has 0 saturated carbocycles. The van der Waals surface area contributed by atoms with Crippen LogP contribution in [0, 0.1) is 11.7 Å². The van der Waals surface area contributed by atoms with Gasteiger partial charge in [0.05, 0.1) is 4.90 Å². The smallest absolute Gasteiger partial charge is 0.253 e. The van der Waals surface area contributed by atoms with Crippen LogP contribution in [0.3, 0.4) is 0 Å². The molecule has 2 aromatic rings. The second-order valence-electron chi connectivity index (χ2n) is 6.41. The van der Waals surface area contributed by atoms with Crippen molar-refractivity contribution in [3.63, 3.8) is 0 Å².